The highest BCUT2D eigenvalue weighted by molar-refractivity contribution is 8.15. The van der Waals surface area contributed by atoms with E-state index in [9.17, 15) is 4.79 Å². The molecule has 1 aliphatic heterocycles. The van der Waals surface area contributed by atoms with Gasteiger partial charge < -0.3 is 10.1 Å². The summed E-state index contributed by atoms with van der Waals surface area (Å²) >= 11 is 13.4. The van der Waals surface area contributed by atoms with Gasteiger partial charge in [-0.3, -0.25) is 4.79 Å². The Morgan fingerprint density at radius 3 is 2.86 bits per heavy atom. The minimum Gasteiger partial charge on any atom is -0.489 e. The van der Waals surface area contributed by atoms with Gasteiger partial charge in [-0.05, 0) is 36.2 Å². The van der Waals surface area contributed by atoms with E-state index in [1.54, 1.807) is 24.4 Å². The summed E-state index contributed by atoms with van der Waals surface area (Å²) in [5.41, 5.74) is 1.64. The maximum atomic E-state index is 12.2. The summed E-state index contributed by atoms with van der Waals surface area (Å²) in [6, 6.07) is 12.7. The van der Waals surface area contributed by atoms with Gasteiger partial charge in [-0.2, -0.15) is 5.10 Å². The minimum atomic E-state index is -0.323. The Morgan fingerprint density at radius 2 is 2.07 bits per heavy atom. The molecule has 5 nitrogen and oxygen atoms in total. The largest absolute Gasteiger partial charge is 0.489 e. The summed E-state index contributed by atoms with van der Waals surface area (Å²) in [4.78, 5) is 12.2. The maximum absolute atomic E-state index is 12.2. The number of benzene rings is 2. The summed E-state index contributed by atoms with van der Waals surface area (Å²) in [7, 11) is 0. The number of ether oxygens (including phenoxy) is 1. The van der Waals surface area contributed by atoms with Gasteiger partial charge in [0.15, 0.2) is 5.17 Å². The molecule has 0 spiro atoms. The molecule has 1 amide bonds. The average molecular weight is 434 g/mol. The van der Waals surface area contributed by atoms with Crippen molar-refractivity contribution in [3.05, 3.63) is 76.3 Å². The van der Waals surface area contributed by atoms with Gasteiger partial charge in [-0.25, -0.2) is 0 Å². The Bertz CT molecular complexity index is 947. The molecule has 8 heteroatoms. The van der Waals surface area contributed by atoms with E-state index in [-0.39, 0.29) is 11.2 Å². The number of hydrogen-bond donors (Lipinski definition) is 1. The van der Waals surface area contributed by atoms with Crippen LogP contribution >= 0.6 is 35.0 Å². The number of thioether (sulfide) groups is 1. The molecule has 0 radical (unpaired) electrons. The molecule has 3 rings (SSSR count). The highest BCUT2D eigenvalue weighted by atomic mass is 35.5. The van der Waals surface area contributed by atoms with Crippen LogP contribution < -0.4 is 10.1 Å². The maximum Gasteiger partial charge on any atom is 0.239 e. The topological polar surface area (TPSA) is 63.1 Å². The van der Waals surface area contributed by atoms with Crippen molar-refractivity contribution in [2.24, 2.45) is 10.2 Å². The Hall–Kier alpha value is -2.28. The van der Waals surface area contributed by atoms with Crippen molar-refractivity contribution < 1.29 is 9.53 Å². The summed E-state index contributed by atoms with van der Waals surface area (Å²) in [5.74, 6) is 0.560. The van der Waals surface area contributed by atoms with E-state index in [0.29, 0.717) is 34.0 Å². The Morgan fingerprint density at radius 1 is 1.25 bits per heavy atom. The summed E-state index contributed by atoms with van der Waals surface area (Å²) < 4.78 is 5.57. The third-order valence-corrected chi connectivity index (χ3v) is 5.48. The van der Waals surface area contributed by atoms with E-state index >= 15 is 0 Å². The van der Waals surface area contributed by atoms with Crippen LogP contribution in [0.25, 0.3) is 0 Å². The standard InChI is InChI=1S/C20H17Cl2N3O2S/c1-2-9-27-17-6-4-3-5-14(17)12-23-25-20-24-19(26)18(28-20)10-13-7-8-15(21)11-16(13)22/h2-8,11-12,18H,1,9-10H2,(H,24,25,26)/b23-12+. The zero-order chi connectivity index (χ0) is 19.9. The highest BCUT2D eigenvalue weighted by Gasteiger charge is 2.30. The van der Waals surface area contributed by atoms with Crippen molar-refractivity contribution >= 4 is 52.3 Å². The predicted molar refractivity (Wildman–Crippen MR) is 117 cm³/mol. The van der Waals surface area contributed by atoms with Crippen LogP contribution in [0, 0.1) is 0 Å². The lowest BCUT2D eigenvalue weighted by atomic mass is 10.1. The van der Waals surface area contributed by atoms with Gasteiger partial charge in [0, 0.05) is 15.6 Å². The number of carbonyl (C=O) groups excluding carboxylic acids is 1. The number of carbonyl (C=O) groups is 1. The van der Waals surface area contributed by atoms with Crippen LogP contribution in [0.2, 0.25) is 10.0 Å². The fraction of sp³-hybridized carbons (Fsp3) is 0.150. The normalized spacial score (nSPS) is 17.9. The van der Waals surface area contributed by atoms with Gasteiger partial charge in [0.2, 0.25) is 5.91 Å². The van der Waals surface area contributed by atoms with Gasteiger partial charge in [0.05, 0.1) is 11.5 Å². The van der Waals surface area contributed by atoms with E-state index in [0.717, 1.165) is 11.1 Å². The minimum absolute atomic E-state index is 0.125. The SMILES string of the molecule is C=CCOc1ccccc1/C=N/N=C1\NC(=O)C(Cc2ccc(Cl)cc2Cl)S1. The first kappa shape index (κ1) is 20.5. The lowest BCUT2D eigenvalue weighted by Crippen LogP contribution is -2.26. The molecule has 1 atom stereocenters. The summed E-state index contributed by atoms with van der Waals surface area (Å²) in [5, 5.41) is 12.1. The van der Waals surface area contributed by atoms with Crippen molar-refractivity contribution in [3.8, 4) is 5.75 Å². The Labute approximate surface area is 177 Å². The van der Waals surface area contributed by atoms with Crippen molar-refractivity contribution in [1.29, 1.82) is 0 Å². The third-order valence-electron chi connectivity index (χ3n) is 3.82. The zero-order valence-corrected chi connectivity index (χ0v) is 17.1. The quantitative estimate of drug-likeness (QED) is 0.390. The number of amidine groups is 1. The first-order valence-electron chi connectivity index (χ1n) is 8.42. The number of hydrogen-bond acceptors (Lipinski definition) is 5. The fourth-order valence-corrected chi connectivity index (χ4v) is 3.92. The molecule has 144 valence electrons. The van der Waals surface area contributed by atoms with Crippen molar-refractivity contribution in [2.75, 3.05) is 6.61 Å². The summed E-state index contributed by atoms with van der Waals surface area (Å²) in [6.45, 7) is 4.04. The van der Waals surface area contributed by atoms with Gasteiger partial charge in [0.1, 0.15) is 12.4 Å². The van der Waals surface area contributed by atoms with Gasteiger partial charge in [0.25, 0.3) is 0 Å². The molecule has 0 bridgehead atoms. The monoisotopic (exact) mass is 433 g/mol. The van der Waals surface area contributed by atoms with Crippen LogP contribution in [0.3, 0.4) is 0 Å². The second kappa shape index (κ2) is 9.78. The van der Waals surface area contributed by atoms with E-state index in [2.05, 4.69) is 22.1 Å². The molecule has 1 N–H and O–H groups in total. The second-order valence-electron chi connectivity index (χ2n) is 5.82. The van der Waals surface area contributed by atoms with E-state index < -0.39 is 0 Å². The molecular formula is C20H17Cl2N3O2S. The van der Waals surface area contributed by atoms with Crippen molar-refractivity contribution in [1.82, 2.24) is 5.32 Å². The first-order valence-corrected chi connectivity index (χ1v) is 10.1. The molecule has 1 fully saturated rings. The molecule has 1 unspecified atom stereocenters. The third kappa shape index (κ3) is 5.38. The average Bonchev–Trinajstić information content (AvgIpc) is 3.02. The summed E-state index contributed by atoms with van der Waals surface area (Å²) in [6.07, 6.45) is 3.74. The van der Waals surface area contributed by atoms with Crippen LogP contribution in [-0.4, -0.2) is 29.1 Å². The van der Waals surface area contributed by atoms with Crippen LogP contribution in [0.5, 0.6) is 5.75 Å². The number of para-hydroxylation sites is 1. The van der Waals surface area contributed by atoms with Gasteiger partial charge in [-0.15, -0.1) is 5.10 Å². The number of rotatable bonds is 7. The molecule has 2 aromatic rings. The molecule has 1 saturated heterocycles. The van der Waals surface area contributed by atoms with Gasteiger partial charge >= 0.3 is 0 Å². The van der Waals surface area contributed by atoms with E-state index in [1.807, 2.05) is 30.3 Å². The molecule has 0 saturated carbocycles. The predicted octanol–water partition coefficient (Wildman–Crippen LogP) is 4.72. The van der Waals surface area contributed by atoms with Crippen LogP contribution in [0.1, 0.15) is 11.1 Å². The molecule has 1 aliphatic rings. The molecule has 0 aliphatic carbocycles. The first-order chi connectivity index (χ1) is 13.6. The fourth-order valence-electron chi connectivity index (χ4n) is 2.48. The zero-order valence-electron chi connectivity index (χ0n) is 14.8. The molecule has 0 aromatic heterocycles. The number of nitrogens with zero attached hydrogens (tertiary/aromatic N) is 2. The smallest absolute Gasteiger partial charge is 0.239 e. The Balaban J connectivity index is 1.65. The highest BCUT2D eigenvalue weighted by Crippen LogP contribution is 2.28. The van der Waals surface area contributed by atoms with E-state index in [4.69, 9.17) is 27.9 Å². The molecule has 1 heterocycles. The molecule has 2 aromatic carbocycles. The van der Waals surface area contributed by atoms with Crippen LogP contribution in [-0.2, 0) is 11.2 Å². The number of halogens is 2. The van der Waals surface area contributed by atoms with E-state index in [1.165, 1.54) is 11.8 Å². The van der Waals surface area contributed by atoms with Crippen molar-refractivity contribution in [2.45, 2.75) is 11.7 Å². The van der Waals surface area contributed by atoms with Gasteiger partial charge in [-0.1, -0.05) is 65.8 Å². The number of nitrogens with one attached hydrogen (secondary N) is 1. The van der Waals surface area contributed by atoms with Crippen LogP contribution in [0.15, 0.2) is 65.3 Å². The lowest BCUT2D eigenvalue weighted by Gasteiger charge is -2.07. The van der Waals surface area contributed by atoms with Crippen LogP contribution in [0.4, 0.5) is 0 Å². The Kier molecular flexibility index (Phi) is 7.14. The molecule has 28 heavy (non-hydrogen) atoms. The molecular weight excluding hydrogens is 417 g/mol. The second-order valence-corrected chi connectivity index (χ2v) is 7.86. The van der Waals surface area contributed by atoms with Crippen molar-refractivity contribution in [3.63, 3.8) is 0 Å². The number of amides is 1. The lowest BCUT2D eigenvalue weighted by molar-refractivity contribution is -0.118.